The number of benzene rings is 2. The van der Waals surface area contributed by atoms with E-state index in [0.717, 1.165) is 18.5 Å². The number of hydrogen-bond donors (Lipinski definition) is 3. The predicted octanol–water partition coefficient (Wildman–Crippen LogP) is 5.44. The van der Waals surface area contributed by atoms with E-state index in [4.69, 9.17) is 23.2 Å². The zero-order valence-electron chi connectivity index (χ0n) is 16.9. The highest BCUT2D eigenvalue weighted by molar-refractivity contribution is 6.40. The fourth-order valence-electron chi connectivity index (χ4n) is 3.33. The van der Waals surface area contributed by atoms with E-state index in [2.05, 4.69) is 22.3 Å². The molecule has 0 radical (unpaired) electrons. The number of halogens is 2. The van der Waals surface area contributed by atoms with Crippen LogP contribution in [0.25, 0.3) is 11.3 Å². The van der Waals surface area contributed by atoms with Crippen LogP contribution in [0.1, 0.15) is 34.8 Å². The summed E-state index contributed by atoms with van der Waals surface area (Å²) in [6, 6.07) is 10.9. The van der Waals surface area contributed by atoms with Gasteiger partial charge >= 0.3 is 6.03 Å². The first-order valence-corrected chi connectivity index (χ1v) is 10.7. The Morgan fingerprint density at radius 2 is 1.91 bits per heavy atom. The molecule has 32 heavy (non-hydrogen) atoms. The number of phenolic OH excluding ortho intramolecular Hbond substituents is 1. The molecule has 1 saturated carbocycles. The molecule has 1 heterocycles. The molecule has 4 rings (SSSR count). The molecule has 1 aliphatic rings. The van der Waals surface area contributed by atoms with Gasteiger partial charge in [-0.3, -0.25) is 4.79 Å². The average Bonchev–Trinajstić information content (AvgIpc) is 3.50. The molecule has 0 saturated heterocycles. The zero-order chi connectivity index (χ0) is 22.8. The number of aromatic hydroxyl groups is 1. The molecule has 164 valence electrons. The third kappa shape index (κ3) is 4.49. The van der Waals surface area contributed by atoms with Gasteiger partial charge in [-0.25, -0.2) is 4.79 Å². The van der Waals surface area contributed by atoms with Gasteiger partial charge in [-0.2, -0.15) is 9.78 Å². The Morgan fingerprint density at radius 3 is 2.53 bits per heavy atom. The van der Waals surface area contributed by atoms with Gasteiger partial charge in [0.05, 0.1) is 27.0 Å². The molecule has 1 aromatic heterocycles. The fraction of sp³-hybridized carbons (Fsp3) is 0.174. The summed E-state index contributed by atoms with van der Waals surface area (Å²) in [7, 11) is 0. The Bertz CT molecular complexity index is 1200. The Balaban J connectivity index is 1.59. The van der Waals surface area contributed by atoms with Crippen LogP contribution in [0, 0.1) is 0 Å². The van der Waals surface area contributed by atoms with Gasteiger partial charge < -0.3 is 15.7 Å². The second-order valence-corrected chi connectivity index (χ2v) is 8.21. The molecule has 0 spiro atoms. The van der Waals surface area contributed by atoms with Crippen molar-refractivity contribution < 1.29 is 14.7 Å². The lowest BCUT2D eigenvalue weighted by molar-refractivity contribution is 0.102. The van der Waals surface area contributed by atoms with Crippen molar-refractivity contribution in [3.63, 3.8) is 0 Å². The Hall–Kier alpha value is -3.29. The molecule has 0 unspecified atom stereocenters. The zero-order valence-corrected chi connectivity index (χ0v) is 18.5. The maximum Gasteiger partial charge on any atom is 0.342 e. The fourth-order valence-corrected chi connectivity index (χ4v) is 3.90. The molecule has 2 amide bonds. The predicted molar refractivity (Wildman–Crippen MR) is 125 cm³/mol. The number of rotatable bonds is 6. The van der Waals surface area contributed by atoms with Crippen molar-refractivity contribution in [1.29, 1.82) is 0 Å². The molecule has 7 nitrogen and oxygen atoms in total. The van der Waals surface area contributed by atoms with E-state index >= 15 is 0 Å². The van der Waals surface area contributed by atoms with Crippen LogP contribution in [0.3, 0.4) is 0 Å². The highest BCUT2D eigenvalue weighted by atomic mass is 35.5. The van der Waals surface area contributed by atoms with E-state index in [1.54, 1.807) is 36.4 Å². The SMILES string of the molecule is C=CCNC(=O)n1nc(-c2ccc(NC(=O)c3c(Cl)cccc3Cl)cc2O)cc1C1CC1. The van der Waals surface area contributed by atoms with Crippen LogP contribution < -0.4 is 10.6 Å². The first-order valence-electron chi connectivity index (χ1n) is 9.97. The smallest absolute Gasteiger partial charge is 0.342 e. The monoisotopic (exact) mass is 470 g/mol. The Labute approximate surface area is 194 Å². The number of nitrogens with zero attached hydrogens (tertiary/aromatic N) is 2. The third-order valence-corrected chi connectivity index (χ3v) is 5.67. The van der Waals surface area contributed by atoms with Crippen LogP contribution in [-0.2, 0) is 0 Å². The average molecular weight is 471 g/mol. The number of carbonyl (C=O) groups is 2. The van der Waals surface area contributed by atoms with Crippen LogP contribution in [0.2, 0.25) is 10.0 Å². The van der Waals surface area contributed by atoms with Gasteiger partial charge in [0.2, 0.25) is 0 Å². The highest BCUT2D eigenvalue weighted by Gasteiger charge is 2.30. The van der Waals surface area contributed by atoms with Crippen LogP contribution in [-0.4, -0.2) is 33.4 Å². The topological polar surface area (TPSA) is 96.3 Å². The summed E-state index contributed by atoms with van der Waals surface area (Å²) < 4.78 is 1.34. The Kier molecular flexibility index (Phi) is 6.21. The quantitative estimate of drug-likeness (QED) is 0.418. The molecule has 9 heteroatoms. The van der Waals surface area contributed by atoms with E-state index in [-0.39, 0.29) is 33.3 Å². The molecule has 3 N–H and O–H groups in total. The summed E-state index contributed by atoms with van der Waals surface area (Å²) in [5.41, 5.74) is 2.21. The summed E-state index contributed by atoms with van der Waals surface area (Å²) in [4.78, 5) is 25.0. The maximum atomic E-state index is 12.6. The summed E-state index contributed by atoms with van der Waals surface area (Å²) in [6.45, 7) is 3.92. The molecule has 3 aromatic rings. The molecule has 0 atom stereocenters. The summed E-state index contributed by atoms with van der Waals surface area (Å²) >= 11 is 12.2. The molecular weight excluding hydrogens is 451 g/mol. The number of anilines is 1. The van der Waals surface area contributed by atoms with Gasteiger partial charge in [-0.1, -0.05) is 35.3 Å². The highest BCUT2D eigenvalue weighted by Crippen LogP contribution is 2.42. The van der Waals surface area contributed by atoms with Gasteiger partial charge in [0, 0.05) is 29.8 Å². The van der Waals surface area contributed by atoms with E-state index < -0.39 is 5.91 Å². The standard InChI is InChI=1S/C23H20Cl2N4O3/c1-2-10-26-23(32)29-19(13-6-7-13)12-18(28-29)15-9-8-14(11-20(15)30)27-22(31)21-16(24)4-3-5-17(21)25/h2-5,8-9,11-13,30H,1,6-7,10H2,(H,26,32)(H,27,31). The molecule has 0 aliphatic heterocycles. The van der Waals surface area contributed by atoms with Crippen molar-refractivity contribution in [3.8, 4) is 17.0 Å². The van der Waals surface area contributed by atoms with Crippen molar-refractivity contribution in [3.05, 3.63) is 76.4 Å². The van der Waals surface area contributed by atoms with Gasteiger partial charge in [0.25, 0.3) is 5.91 Å². The Morgan fingerprint density at radius 1 is 1.19 bits per heavy atom. The van der Waals surface area contributed by atoms with Crippen LogP contribution in [0.4, 0.5) is 10.5 Å². The van der Waals surface area contributed by atoms with Crippen LogP contribution >= 0.6 is 23.2 Å². The third-order valence-electron chi connectivity index (χ3n) is 5.04. The number of carbonyl (C=O) groups excluding carboxylic acids is 2. The van der Waals surface area contributed by atoms with E-state index in [0.29, 0.717) is 23.5 Å². The number of amides is 2. The number of nitrogens with one attached hydrogen (secondary N) is 2. The summed E-state index contributed by atoms with van der Waals surface area (Å²) in [5.74, 6) is -0.315. The minimum absolute atomic E-state index is 0.0912. The van der Waals surface area contributed by atoms with Gasteiger partial charge in [0.15, 0.2) is 0 Å². The van der Waals surface area contributed by atoms with Gasteiger partial charge in [-0.05, 0) is 43.2 Å². The minimum atomic E-state index is -0.494. The van der Waals surface area contributed by atoms with Crippen molar-refractivity contribution in [2.45, 2.75) is 18.8 Å². The second-order valence-electron chi connectivity index (χ2n) is 7.40. The maximum absolute atomic E-state index is 12.6. The van der Waals surface area contributed by atoms with Crippen molar-refractivity contribution in [2.75, 3.05) is 11.9 Å². The van der Waals surface area contributed by atoms with Gasteiger partial charge in [-0.15, -0.1) is 6.58 Å². The molecule has 2 aromatic carbocycles. The summed E-state index contributed by atoms with van der Waals surface area (Å²) in [5, 5.41) is 20.9. The van der Waals surface area contributed by atoms with E-state index in [1.807, 2.05) is 6.07 Å². The number of phenols is 1. The van der Waals surface area contributed by atoms with E-state index in [9.17, 15) is 14.7 Å². The molecular formula is C23H20Cl2N4O3. The second kappa shape index (κ2) is 9.06. The first kappa shape index (κ1) is 21.9. The van der Waals surface area contributed by atoms with Crippen molar-refractivity contribution in [2.24, 2.45) is 0 Å². The molecule has 1 aliphatic carbocycles. The molecule has 1 fully saturated rings. The molecule has 0 bridgehead atoms. The van der Waals surface area contributed by atoms with Gasteiger partial charge in [0.1, 0.15) is 5.75 Å². The van der Waals surface area contributed by atoms with Crippen molar-refractivity contribution in [1.82, 2.24) is 15.1 Å². The largest absolute Gasteiger partial charge is 0.507 e. The lowest BCUT2D eigenvalue weighted by Gasteiger charge is -2.10. The normalized spacial score (nSPS) is 12.9. The van der Waals surface area contributed by atoms with Crippen LogP contribution in [0.5, 0.6) is 5.75 Å². The lowest BCUT2D eigenvalue weighted by atomic mass is 10.1. The van der Waals surface area contributed by atoms with Crippen LogP contribution in [0.15, 0.2) is 55.1 Å². The number of aromatic nitrogens is 2. The number of hydrogen-bond acceptors (Lipinski definition) is 4. The van der Waals surface area contributed by atoms with Crippen molar-refractivity contribution >= 4 is 40.8 Å². The first-order chi connectivity index (χ1) is 15.4. The lowest BCUT2D eigenvalue weighted by Crippen LogP contribution is -2.30. The summed E-state index contributed by atoms with van der Waals surface area (Å²) in [6.07, 6.45) is 3.57. The minimum Gasteiger partial charge on any atom is -0.507 e. The van der Waals surface area contributed by atoms with E-state index in [1.165, 1.54) is 10.7 Å².